The van der Waals surface area contributed by atoms with E-state index in [0.29, 0.717) is 18.7 Å². The van der Waals surface area contributed by atoms with Gasteiger partial charge in [-0.15, -0.1) is 5.10 Å². The molecule has 2 amide bonds. The molecule has 8 nitrogen and oxygen atoms in total. The number of aromatic nitrogens is 3. The summed E-state index contributed by atoms with van der Waals surface area (Å²) >= 11 is 0. The molecule has 1 heterocycles. The zero-order chi connectivity index (χ0) is 15.2. The number of nitrogens with two attached hydrogens (primary N) is 2. The lowest BCUT2D eigenvalue weighted by molar-refractivity contribution is -0.116. The average Bonchev–Trinajstić information content (AvgIpc) is 2.86. The fourth-order valence-corrected chi connectivity index (χ4v) is 1.82. The van der Waals surface area contributed by atoms with E-state index in [1.165, 1.54) is 4.68 Å². The number of rotatable bonds is 6. The number of hydrogen-bond acceptors (Lipinski definition) is 5. The Morgan fingerprint density at radius 2 is 2.05 bits per heavy atom. The molecule has 0 aliphatic heterocycles. The highest BCUT2D eigenvalue weighted by molar-refractivity contribution is 6.02. The van der Waals surface area contributed by atoms with Crippen molar-refractivity contribution in [2.45, 2.75) is 13.0 Å². The van der Waals surface area contributed by atoms with E-state index < -0.39 is 5.91 Å². The van der Waals surface area contributed by atoms with Crippen LogP contribution in [0, 0.1) is 0 Å². The van der Waals surface area contributed by atoms with Crippen molar-refractivity contribution in [3.8, 4) is 0 Å². The number of anilines is 1. The minimum atomic E-state index is -0.600. The summed E-state index contributed by atoms with van der Waals surface area (Å²) in [6.07, 6.45) is 2.26. The van der Waals surface area contributed by atoms with Gasteiger partial charge in [0, 0.05) is 12.6 Å². The largest absolute Gasteiger partial charge is 0.366 e. The van der Waals surface area contributed by atoms with Gasteiger partial charge in [0.15, 0.2) is 0 Å². The Labute approximate surface area is 121 Å². The summed E-state index contributed by atoms with van der Waals surface area (Å²) in [6, 6.07) is 6.54. The number of carbonyl (C=O) groups is 2. The first kappa shape index (κ1) is 14.7. The number of nitrogens with one attached hydrogen (secondary N) is 1. The molecule has 0 saturated heterocycles. The Bertz CT molecular complexity index is 652. The summed E-state index contributed by atoms with van der Waals surface area (Å²) in [4.78, 5) is 23.2. The monoisotopic (exact) mass is 288 g/mol. The Morgan fingerprint density at radius 1 is 1.29 bits per heavy atom. The maximum atomic E-state index is 11.9. The maximum absolute atomic E-state index is 11.9. The smallest absolute Gasteiger partial charge is 0.250 e. The summed E-state index contributed by atoms with van der Waals surface area (Å²) in [5.41, 5.74) is 12.0. The first-order chi connectivity index (χ1) is 10.1. The Balaban J connectivity index is 2.03. The molecule has 1 aromatic carbocycles. The van der Waals surface area contributed by atoms with Crippen molar-refractivity contribution < 1.29 is 9.59 Å². The lowest BCUT2D eigenvalue weighted by Gasteiger charge is -2.08. The van der Waals surface area contributed by atoms with Crippen LogP contribution in [0.1, 0.15) is 16.1 Å². The zero-order valence-corrected chi connectivity index (χ0v) is 11.3. The van der Waals surface area contributed by atoms with E-state index in [9.17, 15) is 9.59 Å². The van der Waals surface area contributed by atoms with Crippen molar-refractivity contribution in [3.05, 3.63) is 41.7 Å². The predicted octanol–water partition coefficient (Wildman–Crippen LogP) is -0.483. The minimum Gasteiger partial charge on any atom is -0.366 e. The van der Waals surface area contributed by atoms with Gasteiger partial charge in [-0.25, -0.2) is 4.68 Å². The van der Waals surface area contributed by atoms with Crippen molar-refractivity contribution >= 4 is 17.5 Å². The zero-order valence-electron chi connectivity index (χ0n) is 11.3. The number of benzene rings is 1. The van der Waals surface area contributed by atoms with E-state index in [0.717, 1.165) is 5.69 Å². The second-order valence-electron chi connectivity index (χ2n) is 4.40. The first-order valence-corrected chi connectivity index (χ1v) is 6.38. The van der Waals surface area contributed by atoms with Gasteiger partial charge in [0.2, 0.25) is 5.91 Å². The average molecular weight is 288 g/mol. The van der Waals surface area contributed by atoms with Crippen LogP contribution in [0.2, 0.25) is 0 Å². The number of para-hydroxylation sites is 1. The molecule has 0 radical (unpaired) electrons. The van der Waals surface area contributed by atoms with Crippen molar-refractivity contribution in [1.29, 1.82) is 0 Å². The molecule has 1 aromatic heterocycles. The van der Waals surface area contributed by atoms with Crippen LogP contribution in [-0.4, -0.2) is 33.4 Å². The minimum absolute atomic E-state index is 0.00926. The molecular weight excluding hydrogens is 272 g/mol. The molecule has 0 unspecified atom stereocenters. The fraction of sp³-hybridized carbons (Fsp3) is 0.231. The third-order valence-electron chi connectivity index (χ3n) is 2.76. The highest BCUT2D eigenvalue weighted by Crippen LogP contribution is 2.14. The van der Waals surface area contributed by atoms with Gasteiger partial charge in [-0.05, 0) is 18.7 Å². The quantitative estimate of drug-likeness (QED) is 0.661. The lowest BCUT2D eigenvalue weighted by atomic mass is 10.1. The third-order valence-corrected chi connectivity index (χ3v) is 2.76. The second kappa shape index (κ2) is 6.62. The SMILES string of the molecule is NCCc1cn(CC(=O)Nc2ccccc2C(N)=O)nn1. The molecule has 0 bridgehead atoms. The van der Waals surface area contributed by atoms with Crippen molar-refractivity contribution in [2.75, 3.05) is 11.9 Å². The van der Waals surface area contributed by atoms with Crippen molar-refractivity contribution in [1.82, 2.24) is 15.0 Å². The maximum Gasteiger partial charge on any atom is 0.250 e. The number of primary amides is 1. The summed E-state index contributed by atoms with van der Waals surface area (Å²) in [7, 11) is 0. The van der Waals surface area contributed by atoms with Crippen LogP contribution in [0.3, 0.4) is 0 Å². The number of nitrogens with zero attached hydrogens (tertiary/aromatic N) is 3. The van der Waals surface area contributed by atoms with Gasteiger partial charge in [-0.1, -0.05) is 17.3 Å². The van der Waals surface area contributed by atoms with E-state index in [4.69, 9.17) is 11.5 Å². The van der Waals surface area contributed by atoms with Crippen LogP contribution in [0.4, 0.5) is 5.69 Å². The van der Waals surface area contributed by atoms with Crippen LogP contribution >= 0.6 is 0 Å². The first-order valence-electron chi connectivity index (χ1n) is 6.38. The van der Waals surface area contributed by atoms with E-state index in [1.54, 1.807) is 30.5 Å². The normalized spacial score (nSPS) is 10.3. The molecule has 110 valence electrons. The highest BCUT2D eigenvalue weighted by atomic mass is 16.2. The highest BCUT2D eigenvalue weighted by Gasteiger charge is 2.11. The standard InChI is InChI=1S/C13H16N6O2/c14-6-5-9-7-19(18-17-9)8-12(20)16-11-4-2-1-3-10(11)13(15)21/h1-4,7H,5-6,8,14H2,(H2,15,21)(H,16,20). The Hall–Kier alpha value is -2.74. The molecule has 0 atom stereocenters. The van der Waals surface area contributed by atoms with Gasteiger partial charge in [0.25, 0.3) is 5.91 Å². The van der Waals surface area contributed by atoms with Gasteiger partial charge in [-0.2, -0.15) is 0 Å². The molecular formula is C13H16N6O2. The van der Waals surface area contributed by atoms with E-state index >= 15 is 0 Å². The molecule has 2 rings (SSSR count). The second-order valence-corrected chi connectivity index (χ2v) is 4.40. The van der Waals surface area contributed by atoms with Gasteiger partial charge in [0.1, 0.15) is 6.54 Å². The molecule has 0 spiro atoms. The Morgan fingerprint density at radius 3 is 2.76 bits per heavy atom. The molecule has 8 heteroatoms. The van der Waals surface area contributed by atoms with Gasteiger partial charge < -0.3 is 16.8 Å². The number of carbonyl (C=O) groups excluding carboxylic acids is 2. The van der Waals surface area contributed by atoms with Gasteiger partial charge in [-0.3, -0.25) is 9.59 Å². The van der Waals surface area contributed by atoms with Crippen LogP contribution < -0.4 is 16.8 Å². The van der Waals surface area contributed by atoms with E-state index in [1.807, 2.05) is 0 Å². The molecule has 0 saturated carbocycles. The Kier molecular flexibility index (Phi) is 4.62. The topological polar surface area (TPSA) is 129 Å². The molecule has 0 fully saturated rings. The molecule has 0 aliphatic carbocycles. The molecule has 21 heavy (non-hydrogen) atoms. The van der Waals surface area contributed by atoms with Crippen LogP contribution in [-0.2, 0) is 17.8 Å². The summed E-state index contributed by atoms with van der Waals surface area (Å²) < 4.78 is 1.41. The molecule has 0 aliphatic rings. The van der Waals surface area contributed by atoms with Crippen molar-refractivity contribution in [3.63, 3.8) is 0 Å². The number of amides is 2. The van der Waals surface area contributed by atoms with Crippen molar-refractivity contribution in [2.24, 2.45) is 11.5 Å². The molecule has 2 aromatic rings. The van der Waals surface area contributed by atoms with E-state index in [-0.39, 0.29) is 18.0 Å². The van der Waals surface area contributed by atoms with Crippen LogP contribution in [0.15, 0.2) is 30.5 Å². The number of hydrogen-bond donors (Lipinski definition) is 3. The molecule has 5 N–H and O–H groups in total. The van der Waals surface area contributed by atoms with E-state index in [2.05, 4.69) is 15.6 Å². The fourth-order valence-electron chi connectivity index (χ4n) is 1.82. The third kappa shape index (κ3) is 3.86. The lowest BCUT2D eigenvalue weighted by Crippen LogP contribution is -2.22. The summed E-state index contributed by atoms with van der Waals surface area (Å²) in [5, 5.41) is 10.4. The summed E-state index contributed by atoms with van der Waals surface area (Å²) in [5.74, 6) is -0.926. The van der Waals surface area contributed by atoms with Crippen LogP contribution in [0.25, 0.3) is 0 Å². The van der Waals surface area contributed by atoms with Crippen LogP contribution in [0.5, 0.6) is 0 Å². The predicted molar refractivity (Wildman–Crippen MR) is 76.4 cm³/mol. The van der Waals surface area contributed by atoms with Gasteiger partial charge in [0.05, 0.1) is 16.9 Å². The van der Waals surface area contributed by atoms with Gasteiger partial charge >= 0.3 is 0 Å². The summed E-state index contributed by atoms with van der Waals surface area (Å²) in [6.45, 7) is 0.460.